The Morgan fingerprint density at radius 1 is 1.08 bits per heavy atom. The molecule has 0 unspecified atom stereocenters. The molecule has 6 nitrogen and oxygen atoms in total. The van der Waals surface area contributed by atoms with E-state index in [-0.39, 0.29) is 18.4 Å². The smallest absolute Gasteiger partial charge is 0.273 e. The minimum atomic E-state index is -0.0626. The van der Waals surface area contributed by atoms with Gasteiger partial charge in [-0.2, -0.15) is 0 Å². The van der Waals surface area contributed by atoms with E-state index >= 15 is 0 Å². The van der Waals surface area contributed by atoms with Crippen LogP contribution in [-0.4, -0.2) is 59.4 Å². The average Bonchev–Trinajstić information content (AvgIpc) is 3.07. The molecule has 132 valence electrons. The summed E-state index contributed by atoms with van der Waals surface area (Å²) in [4.78, 5) is 32.4. The molecule has 2 amide bonds. The first kappa shape index (κ1) is 17.4. The van der Waals surface area contributed by atoms with Gasteiger partial charge in [0.2, 0.25) is 0 Å². The Hall–Kier alpha value is -2.41. The lowest BCUT2D eigenvalue weighted by Crippen LogP contribution is -2.51. The molecule has 1 saturated heterocycles. The minimum Gasteiger partial charge on any atom is -0.484 e. The Labute approximate surface area is 151 Å². The van der Waals surface area contributed by atoms with E-state index in [1.807, 2.05) is 38.1 Å². The Kier molecular flexibility index (Phi) is 5.33. The molecule has 0 bridgehead atoms. The van der Waals surface area contributed by atoms with Gasteiger partial charge in [0.15, 0.2) is 6.61 Å². The van der Waals surface area contributed by atoms with Gasteiger partial charge in [-0.25, -0.2) is 4.98 Å². The van der Waals surface area contributed by atoms with Crippen LogP contribution < -0.4 is 4.74 Å². The van der Waals surface area contributed by atoms with Crippen LogP contribution in [0.2, 0.25) is 0 Å². The highest BCUT2D eigenvalue weighted by Crippen LogP contribution is 2.14. The number of rotatable bonds is 4. The van der Waals surface area contributed by atoms with Crippen molar-refractivity contribution in [3.05, 3.63) is 45.9 Å². The fraction of sp³-hybridized carbons (Fsp3) is 0.389. The monoisotopic (exact) mass is 359 g/mol. The van der Waals surface area contributed by atoms with Gasteiger partial charge in [0, 0.05) is 31.6 Å². The summed E-state index contributed by atoms with van der Waals surface area (Å²) in [6, 6.07) is 7.61. The number of aryl methyl sites for hydroxylation is 2. The molecule has 0 spiro atoms. The van der Waals surface area contributed by atoms with Gasteiger partial charge >= 0.3 is 0 Å². The number of carbonyl (C=O) groups is 2. The molecular formula is C18H21N3O3S. The molecule has 7 heteroatoms. The number of benzene rings is 1. The number of ether oxygens (including phenoxy) is 1. The third-order valence-corrected chi connectivity index (χ3v) is 4.91. The molecule has 0 aliphatic carbocycles. The first-order valence-electron chi connectivity index (χ1n) is 8.21. The summed E-state index contributed by atoms with van der Waals surface area (Å²) in [7, 11) is 0. The summed E-state index contributed by atoms with van der Waals surface area (Å²) in [5, 5.41) is 2.66. The highest BCUT2D eigenvalue weighted by molar-refractivity contribution is 7.09. The normalized spacial score (nSPS) is 14.5. The van der Waals surface area contributed by atoms with Gasteiger partial charge in [-0.3, -0.25) is 9.59 Å². The quantitative estimate of drug-likeness (QED) is 0.839. The van der Waals surface area contributed by atoms with Crippen molar-refractivity contribution in [3.8, 4) is 5.75 Å². The van der Waals surface area contributed by atoms with Crippen LogP contribution in [0, 0.1) is 13.8 Å². The van der Waals surface area contributed by atoms with Crippen LogP contribution in [-0.2, 0) is 4.79 Å². The molecule has 0 atom stereocenters. The first-order valence-corrected chi connectivity index (χ1v) is 9.09. The van der Waals surface area contributed by atoms with Gasteiger partial charge in [0.1, 0.15) is 11.4 Å². The van der Waals surface area contributed by atoms with Crippen molar-refractivity contribution in [2.75, 3.05) is 32.8 Å². The zero-order chi connectivity index (χ0) is 17.8. The van der Waals surface area contributed by atoms with Crippen LogP contribution in [0.5, 0.6) is 5.75 Å². The minimum absolute atomic E-state index is 0.0162. The summed E-state index contributed by atoms with van der Waals surface area (Å²) >= 11 is 1.47. The second-order valence-corrected chi connectivity index (χ2v) is 7.09. The maximum Gasteiger partial charge on any atom is 0.273 e. The molecule has 1 aliphatic rings. The van der Waals surface area contributed by atoms with Gasteiger partial charge < -0.3 is 14.5 Å². The summed E-state index contributed by atoms with van der Waals surface area (Å²) < 4.78 is 5.54. The molecule has 0 radical (unpaired) electrons. The molecule has 0 saturated carbocycles. The van der Waals surface area contributed by atoms with E-state index in [2.05, 4.69) is 4.98 Å². The van der Waals surface area contributed by atoms with E-state index in [0.717, 1.165) is 10.6 Å². The first-order chi connectivity index (χ1) is 12.0. The van der Waals surface area contributed by atoms with E-state index in [9.17, 15) is 9.59 Å². The van der Waals surface area contributed by atoms with Gasteiger partial charge in [-0.15, -0.1) is 11.3 Å². The molecular weight excluding hydrogens is 338 g/mol. The van der Waals surface area contributed by atoms with E-state index in [1.54, 1.807) is 15.2 Å². The molecule has 1 fully saturated rings. The lowest BCUT2D eigenvalue weighted by Gasteiger charge is -2.34. The third-order valence-electron chi connectivity index (χ3n) is 4.14. The average molecular weight is 359 g/mol. The van der Waals surface area contributed by atoms with Crippen LogP contribution >= 0.6 is 11.3 Å². The van der Waals surface area contributed by atoms with Crippen LogP contribution in [0.25, 0.3) is 0 Å². The predicted octanol–water partition coefficient (Wildman–Crippen LogP) is 2.12. The molecule has 1 aromatic carbocycles. The van der Waals surface area contributed by atoms with Crippen molar-refractivity contribution in [2.24, 2.45) is 0 Å². The van der Waals surface area contributed by atoms with E-state index in [0.29, 0.717) is 37.6 Å². The second-order valence-electron chi connectivity index (χ2n) is 6.03. The van der Waals surface area contributed by atoms with Crippen molar-refractivity contribution in [2.45, 2.75) is 13.8 Å². The van der Waals surface area contributed by atoms with Gasteiger partial charge in [-0.1, -0.05) is 17.7 Å². The highest BCUT2D eigenvalue weighted by atomic mass is 32.1. The predicted molar refractivity (Wildman–Crippen MR) is 96.0 cm³/mol. The van der Waals surface area contributed by atoms with Gasteiger partial charge in [0.05, 0.1) is 5.01 Å². The second kappa shape index (κ2) is 7.65. The lowest BCUT2D eigenvalue weighted by atomic mass is 10.2. The van der Waals surface area contributed by atoms with E-state index in [1.165, 1.54) is 11.3 Å². The zero-order valence-corrected chi connectivity index (χ0v) is 15.2. The van der Waals surface area contributed by atoms with Gasteiger partial charge in [0.25, 0.3) is 11.8 Å². The largest absolute Gasteiger partial charge is 0.484 e. The standard InChI is InChI=1S/C18H21N3O3S/c1-13-3-5-15(6-4-13)24-11-17(22)20-7-9-21(10-8-20)18(23)16-12-25-14(2)19-16/h3-6,12H,7-11H2,1-2H3. The summed E-state index contributed by atoms with van der Waals surface area (Å²) in [6.45, 7) is 5.98. The SMILES string of the molecule is Cc1ccc(OCC(=O)N2CCN(C(=O)c3csc(C)n3)CC2)cc1. The molecule has 1 aromatic heterocycles. The number of amides is 2. The topological polar surface area (TPSA) is 62.7 Å². The maximum absolute atomic E-state index is 12.4. The molecule has 3 rings (SSSR count). The zero-order valence-electron chi connectivity index (χ0n) is 14.4. The molecule has 1 aliphatic heterocycles. The molecule has 2 aromatic rings. The molecule has 25 heavy (non-hydrogen) atoms. The van der Waals surface area contributed by atoms with Crippen LogP contribution in [0.4, 0.5) is 0 Å². The summed E-state index contributed by atoms with van der Waals surface area (Å²) in [5.74, 6) is 0.566. The van der Waals surface area contributed by atoms with E-state index in [4.69, 9.17) is 4.74 Å². The number of hydrogen-bond donors (Lipinski definition) is 0. The summed E-state index contributed by atoms with van der Waals surface area (Å²) in [5.41, 5.74) is 1.64. The number of thiazole rings is 1. The number of carbonyl (C=O) groups excluding carboxylic acids is 2. The number of piperazine rings is 1. The number of hydrogen-bond acceptors (Lipinski definition) is 5. The van der Waals surface area contributed by atoms with Crippen molar-refractivity contribution in [1.29, 1.82) is 0 Å². The molecule has 0 N–H and O–H groups in total. The van der Waals surface area contributed by atoms with Crippen molar-refractivity contribution in [3.63, 3.8) is 0 Å². The highest BCUT2D eigenvalue weighted by Gasteiger charge is 2.26. The van der Waals surface area contributed by atoms with Crippen LogP contribution in [0.15, 0.2) is 29.6 Å². The molecule has 2 heterocycles. The Balaban J connectivity index is 1.47. The fourth-order valence-corrected chi connectivity index (χ4v) is 3.24. The summed E-state index contributed by atoms with van der Waals surface area (Å²) in [6.07, 6.45) is 0. The third kappa shape index (κ3) is 4.36. The van der Waals surface area contributed by atoms with E-state index < -0.39 is 0 Å². The van der Waals surface area contributed by atoms with Crippen molar-refractivity contribution in [1.82, 2.24) is 14.8 Å². The maximum atomic E-state index is 12.4. The van der Waals surface area contributed by atoms with Gasteiger partial charge in [-0.05, 0) is 26.0 Å². The Bertz CT molecular complexity index is 749. The fourth-order valence-electron chi connectivity index (χ4n) is 2.65. The van der Waals surface area contributed by atoms with Crippen LogP contribution in [0.1, 0.15) is 21.1 Å². The number of aromatic nitrogens is 1. The Morgan fingerprint density at radius 3 is 2.32 bits per heavy atom. The Morgan fingerprint density at radius 2 is 1.72 bits per heavy atom. The lowest BCUT2D eigenvalue weighted by molar-refractivity contribution is -0.134. The number of nitrogens with zero attached hydrogens (tertiary/aromatic N) is 3. The van der Waals surface area contributed by atoms with Crippen LogP contribution in [0.3, 0.4) is 0 Å². The van der Waals surface area contributed by atoms with Crippen molar-refractivity contribution >= 4 is 23.2 Å². The van der Waals surface area contributed by atoms with Crippen molar-refractivity contribution < 1.29 is 14.3 Å².